The number of esters is 1. The number of carbonyl (C=O) groups excluding carboxylic acids is 2. The van der Waals surface area contributed by atoms with Crippen LogP contribution in [0.25, 0.3) is 0 Å². The van der Waals surface area contributed by atoms with Gasteiger partial charge in [-0.2, -0.15) is 0 Å². The highest BCUT2D eigenvalue weighted by Gasteiger charge is 2.21. The molecule has 22 heavy (non-hydrogen) atoms. The fourth-order valence-corrected chi connectivity index (χ4v) is 2.75. The first kappa shape index (κ1) is 16.2. The molecule has 1 heterocycles. The molecule has 0 aliphatic heterocycles. The molecule has 1 N–H and O–H groups in total. The van der Waals surface area contributed by atoms with Gasteiger partial charge in [-0.05, 0) is 19.4 Å². The number of nitrogens with zero attached hydrogens (tertiary/aromatic N) is 1. The number of hydrogen-bond donors (Lipinski definition) is 1. The van der Waals surface area contributed by atoms with E-state index in [0.29, 0.717) is 10.6 Å². The second-order valence-electron chi connectivity index (χ2n) is 4.98. The Kier molecular flexibility index (Phi) is 5.27. The van der Waals surface area contributed by atoms with Crippen molar-refractivity contribution in [3.05, 3.63) is 51.5 Å². The largest absolute Gasteiger partial charge is 0.469 e. The first-order chi connectivity index (χ1) is 10.5. The Morgan fingerprint density at radius 3 is 2.50 bits per heavy atom. The van der Waals surface area contributed by atoms with E-state index in [1.807, 2.05) is 31.2 Å². The summed E-state index contributed by atoms with van der Waals surface area (Å²) in [4.78, 5) is 28.6. The molecule has 0 fully saturated rings. The Morgan fingerprint density at radius 2 is 1.95 bits per heavy atom. The maximum atomic E-state index is 12.4. The van der Waals surface area contributed by atoms with Crippen LogP contribution in [0.15, 0.2) is 29.8 Å². The molecule has 0 bridgehead atoms. The third-order valence-electron chi connectivity index (χ3n) is 3.34. The van der Waals surface area contributed by atoms with Gasteiger partial charge in [-0.3, -0.25) is 9.59 Å². The molecule has 0 radical (unpaired) electrons. The lowest BCUT2D eigenvalue weighted by Gasteiger charge is -2.18. The van der Waals surface area contributed by atoms with Crippen molar-refractivity contribution in [1.82, 2.24) is 10.3 Å². The Labute approximate surface area is 133 Å². The lowest BCUT2D eigenvalue weighted by molar-refractivity contribution is -0.141. The van der Waals surface area contributed by atoms with Crippen LogP contribution >= 0.6 is 11.3 Å². The number of hydrogen-bond acceptors (Lipinski definition) is 5. The molecule has 1 aromatic carbocycles. The van der Waals surface area contributed by atoms with Crippen LogP contribution in [-0.4, -0.2) is 24.0 Å². The second kappa shape index (κ2) is 7.17. The van der Waals surface area contributed by atoms with Crippen LogP contribution < -0.4 is 5.32 Å². The minimum absolute atomic E-state index is 0.0865. The smallest absolute Gasteiger partial charge is 0.307 e. The van der Waals surface area contributed by atoms with Crippen molar-refractivity contribution in [2.24, 2.45) is 0 Å². The number of methoxy groups -OCH3 is 1. The lowest BCUT2D eigenvalue weighted by atomic mass is 10.0. The fraction of sp³-hybridized carbons (Fsp3) is 0.312. The van der Waals surface area contributed by atoms with Gasteiger partial charge in [0.1, 0.15) is 4.88 Å². The number of ether oxygens (including phenoxy) is 1. The number of benzene rings is 1. The highest BCUT2D eigenvalue weighted by atomic mass is 32.1. The van der Waals surface area contributed by atoms with Crippen molar-refractivity contribution in [3.8, 4) is 0 Å². The van der Waals surface area contributed by atoms with E-state index in [1.165, 1.54) is 18.4 Å². The van der Waals surface area contributed by atoms with Gasteiger partial charge in [0.15, 0.2) is 0 Å². The molecule has 1 amide bonds. The van der Waals surface area contributed by atoms with Crippen LogP contribution in [-0.2, 0) is 9.53 Å². The molecule has 0 aliphatic rings. The monoisotopic (exact) mass is 318 g/mol. The maximum absolute atomic E-state index is 12.4. The van der Waals surface area contributed by atoms with Crippen LogP contribution in [0.2, 0.25) is 0 Å². The number of thiazole rings is 1. The van der Waals surface area contributed by atoms with Crippen LogP contribution in [0.5, 0.6) is 0 Å². The van der Waals surface area contributed by atoms with E-state index in [4.69, 9.17) is 4.74 Å². The van der Waals surface area contributed by atoms with Crippen molar-refractivity contribution < 1.29 is 14.3 Å². The summed E-state index contributed by atoms with van der Waals surface area (Å²) >= 11 is 1.28. The quantitative estimate of drug-likeness (QED) is 0.861. The van der Waals surface area contributed by atoms with Crippen molar-refractivity contribution in [2.45, 2.75) is 26.3 Å². The summed E-state index contributed by atoms with van der Waals surface area (Å²) in [5.41, 5.74) is 4.30. The molecule has 6 heteroatoms. The van der Waals surface area contributed by atoms with Gasteiger partial charge in [-0.1, -0.05) is 29.8 Å². The van der Waals surface area contributed by atoms with Crippen LogP contribution in [0.4, 0.5) is 0 Å². The minimum Gasteiger partial charge on any atom is -0.469 e. The zero-order valence-corrected chi connectivity index (χ0v) is 13.6. The summed E-state index contributed by atoms with van der Waals surface area (Å²) in [6.45, 7) is 3.77. The third kappa shape index (κ3) is 3.92. The third-order valence-corrected chi connectivity index (χ3v) is 4.26. The molecule has 1 aromatic heterocycles. The molecule has 1 atom stereocenters. The number of aromatic nitrogens is 1. The molecule has 0 unspecified atom stereocenters. The van der Waals surface area contributed by atoms with Crippen LogP contribution in [0, 0.1) is 13.8 Å². The van der Waals surface area contributed by atoms with Gasteiger partial charge in [0.05, 0.1) is 30.8 Å². The Morgan fingerprint density at radius 1 is 1.27 bits per heavy atom. The van der Waals surface area contributed by atoms with E-state index in [2.05, 4.69) is 10.3 Å². The molecule has 0 spiro atoms. The summed E-state index contributed by atoms with van der Waals surface area (Å²) in [5.74, 6) is -0.596. The predicted octanol–water partition coefficient (Wildman–Crippen LogP) is 2.79. The van der Waals surface area contributed by atoms with Crippen molar-refractivity contribution >= 4 is 23.2 Å². The lowest BCUT2D eigenvalue weighted by Crippen LogP contribution is -2.30. The summed E-state index contributed by atoms with van der Waals surface area (Å²) in [5, 5.41) is 2.89. The average Bonchev–Trinajstić information content (AvgIpc) is 2.93. The van der Waals surface area contributed by atoms with Gasteiger partial charge < -0.3 is 10.1 Å². The van der Waals surface area contributed by atoms with E-state index in [9.17, 15) is 9.59 Å². The zero-order valence-electron chi connectivity index (χ0n) is 12.8. The first-order valence-electron chi connectivity index (χ1n) is 6.85. The molecule has 5 nitrogen and oxygen atoms in total. The molecular weight excluding hydrogens is 300 g/mol. The molecule has 2 aromatic rings. The summed E-state index contributed by atoms with van der Waals surface area (Å²) < 4.78 is 4.72. The van der Waals surface area contributed by atoms with Crippen LogP contribution in [0.3, 0.4) is 0 Å². The Bertz CT molecular complexity index is 664. The van der Waals surface area contributed by atoms with E-state index in [0.717, 1.165) is 11.1 Å². The topological polar surface area (TPSA) is 68.3 Å². The predicted molar refractivity (Wildman–Crippen MR) is 84.9 cm³/mol. The van der Waals surface area contributed by atoms with Gasteiger partial charge in [0, 0.05) is 0 Å². The average molecular weight is 318 g/mol. The Balaban J connectivity index is 2.21. The number of rotatable bonds is 5. The molecule has 0 aliphatic carbocycles. The first-order valence-corrected chi connectivity index (χ1v) is 7.73. The highest BCUT2D eigenvalue weighted by Crippen LogP contribution is 2.20. The van der Waals surface area contributed by atoms with Crippen molar-refractivity contribution in [3.63, 3.8) is 0 Å². The summed E-state index contributed by atoms with van der Waals surface area (Å²) in [7, 11) is 1.34. The van der Waals surface area contributed by atoms with Gasteiger partial charge in [-0.25, -0.2) is 4.98 Å². The standard InChI is InChI=1S/C16H18N2O3S/c1-10-4-6-12(7-5-10)13(8-14(19)21-3)18-16(20)15-11(2)17-9-22-15/h4-7,9,13H,8H2,1-3H3,(H,18,20)/t13-/m1/s1. The second-order valence-corrected chi connectivity index (χ2v) is 5.84. The van der Waals surface area contributed by atoms with Crippen LogP contribution in [0.1, 0.15) is 39.0 Å². The van der Waals surface area contributed by atoms with Gasteiger partial charge in [0.25, 0.3) is 5.91 Å². The van der Waals surface area contributed by atoms with E-state index in [1.54, 1.807) is 12.4 Å². The van der Waals surface area contributed by atoms with Gasteiger partial charge >= 0.3 is 5.97 Å². The number of nitrogens with one attached hydrogen (secondary N) is 1. The van der Waals surface area contributed by atoms with E-state index < -0.39 is 6.04 Å². The highest BCUT2D eigenvalue weighted by molar-refractivity contribution is 7.11. The minimum atomic E-state index is -0.429. The maximum Gasteiger partial charge on any atom is 0.307 e. The summed E-state index contributed by atoms with van der Waals surface area (Å²) in [6, 6.07) is 7.28. The number of amides is 1. The van der Waals surface area contributed by atoms with Crippen molar-refractivity contribution in [2.75, 3.05) is 7.11 Å². The van der Waals surface area contributed by atoms with E-state index >= 15 is 0 Å². The number of aryl methyl sites for hydroxylation is 2. The van der Waals surface area contributed by atoms with Crippen molar-refractivity contribution in [1.29, 1.82) is 0 Å². The van der Waals surface area contributed by atoms with E-state index in [-0.39, 0.29) is 18.3 Å². The molecule has 0 saturated heterocycles. The molecule has 116 valence electrons. The SMILES string of the molecule is COC(=O)C[C@@H](NC(=O)c1scnc1C)c1ccc(C)cc1. The zero-order chi connectivity index (χ0) is 16.1. The summed E-state index contributed by atoms with van der Waals surface area (Å²) in [6.07, 6.45) is 0.0865. The number of carbonyl (C=O) groups is 2. The fourth-order valence-electron chi connectivity index (χ4n) is 2.04. The van der Waals surface area contributed by atoms with Gasteiger partial charge in [0.2, 0.25) is 0 Å². The Hall–Kier alpha value is -2.21. The van der Waals surface area contributed by atoms with Gasteiger partial charge in [-0.15, -0.1) is 11.3 Å². The molecule has 0 saturated carbocycles. The normalized spacial score (nSPS) is 11.8. The molecular formula is C16H18N2O3S. The molecule has 2 rings (SSSR count).